The Balaban J connectivity index is 1.34. The molecule has 1 aliphatic rings. The number of nitro benzene ring substituents is 1. The third-order valence-corrected chi connectivity index (χ3v) is 8.47. The molecule has 1 saturated heterocycles. The maximum Gasteiger partial charge on any atom is 0.269 e. The molecular formula is C28H22N4O3S3. The number of thiocarbonyl (C=S) groups is 1. The van der Waals surface area contributed by atoms with Crippen LogP contribution in [0.5, 0.6) is 0 Å². The average Bonchev–Trinajstić information content (AvgIpc) is 3.34. The summed E-state index contributed by atoms with van der Waals surface area (Å²) in [5, 5.41) is 10.9. The maximum absolute atomic E-state index is 13.1. The van der Waals surface area contributed by atoms with Crippen molar-refractivity contribution in [2.24, 2.45) is 0 Å². The number of carbonyl (C=O) groups is 1. The number of rotatable bonds is 7. The molecule has 0 spiro atoms. The number of amides is 1. The van der Waals surface area contributed by atoms with Crippen LogP contribution in [0.25, 0.3) is 11.8 Å². The maximum atomic E-state index is 13.1. The molecule has 0 N–H and O–H groups in total. The summed E-state index contributed by atoms with van der Waals surface area (Å²) in [6.07, 6.45) is 5.36. The van der Waals surface area contributed by atoms with Gasteiger partial charge in [-0.2, -0.15) is 0 Å². The second-order valence-corrected chi connectivity index (χ2v) is 11.5. The van der Waals surface area contributed by atoms with E-state index in [0.29, 0.717) is 15.8 Å². The molecule has 1 aliphatic heterocycles. The van der Waals surface area contributed by atoms with Crippen molar-refractivity contribution in [1.82, 2.24) is 14.5 Å². The van der Waals surface area contributed by atoms with Gasteiger partial charge in [-0.3, -0.25) is 24.8 Å². The van der Waals surface area contributed by atoms with Gasteiger partial charge >= 0.3 is 0 Å². The molecule has 7 nitrogen and oxygen atoms in total. The number of nitro groups is 1. The Morgan fingerprint density at radius 3 is 2.39 bits per heavy atom. The van der Waals surface area contributed by atoms with E-state index in [2.05, 4.69) is 15.6 Å². The molecule has 0 aliphatic carbocycles. The number of hydrogen-bond acceptors (Lipinski definition) is 7. The van der Waals surface area contributed by atoms with E-state index >= 15 is 0 Å². The van der Waals surface area contributed by atoms with Crippen molar-refractivity contribution >= 4 is 57.7 Å². The van der Waals surface area contributed by atoms with E-state index in [1.165, 1.54) is 23.9 Å². The first-order valence-electron chi connectivity index (χ1n) is 11.7. The Morgan fingerprint density at radius 1 is 1.08 bits per heavy atom. The zero-order valence-corrected chi connectivity index (χ0v) is 23.0. The number of carbonyl (C=O) groups excluding carboxylic acids is 1. The van der Waals surface area contributed by atoms with Gasteiger partial charge in [-0.25, -0.2) is 0 Å². The highest BCUT2D eigenvalue weighted by Gasteiger charge is 2.32. The highest BCUT2D eigenvalue weighted by molar-refractivity contribution is 8.26. The second kappa shape index (κ2) is 10.9. The minimum atomic E-state index is -0.400. The fourth-order valence-corrected chi connectivity index (χ4v) is 6.28. The van der Waals surface area contributed by atoms with Crippen LogP contribution in [0.4, 0.5) is 5.69 Å². The van der Waals surface area contributed by atoms with Crippen LogP contribution in [0.15, 0.2) is 93.8 Å². The zero-order chi connectivity index (χ0) is 26.8. The van der Waals surface area contributed by atoms with Gasteiger partial charge in [0.05, 0.1) is 16.4 Å². The van der Waals surface area contributed by atoms with Crippen molar-refractivity contribution in [3.05, 3.63) is 117 Å². The molecule has 3 heterocycles. The third kappa shape index (κ3) is 5.42. The van der Waals surface area contributed by atoms with Crippen molar-refractivity contribution < 1.29 is 9.72 Å². The van der Waals surface area contributed by atoms with E-state index in [0.717, 1.165) is 38.0 Å². The summed E-state index contributed by atoms with van der Waals surface area (Å²) in [5.74, 6) is -0.0960. The number of non-ortho nitro benzene ring substituents is 1. The Hall–Kier alpha value is -3.73. The van der Waals surface area contributed by atoms with Gasteiger partial charge < -0.3 is 4.57 Å². The summed E-state index contributed by atoms with van der Waals surface area (Å²) in [5.41, 5.74) is 5.06. The summed E-state index contributed by atoms with van der Waals surface area (Å²) in [7, 11) is 0. The third-order valence-electron chi connectivity index (χ3n) is 6.07. The van der Waals surface area contributed by atoms with Gasteiger partial charge in [-0.1, -0.05) is 41.8 Å². The van der Waals surface area contributed by atoms with Gasteiger partial charge in [0.25, 0.3) is 11.6 Å². The SMILES string of the molecule is Cc1cc(/C=C2\SC(=S)N(Cc3cccnc3)C2=O)c(C)n1-c1ccc(Sc2ccc([N+](=O)[O-])cc2)cc1. The smallest absolute Gasteiger partial charge is 0.269 e. The van der Waals surface area contributed by atoms with E-state index in [4.69, 9.17) is 12.2 Å². The van der Waals surface area contributed by atoms with Crippen molar-refractivity contribution in [2.75, 3.05) is 0 Å². The Kier molecular flexibility index (Phi) is 7.46. The van der Waals surface area contributed by atoms with Gasteiger partial charge in [-0.15, -0.1) is 0 Å². The molecule has 38 heavy (non-hydrogen) atoms. The molecule has 0 unspecified atom stereocenters. The van der Waals surface area contributed by atoms with Crippen LogP contribution < -0.4 is 0 Å². The summed E-state index contributed by atoms with van der Waals surface area (Å²) in [6, 6.07) is 20.5. The van der Waals surface area contributed by atoms with Gasteiger partial charge in [0.15, 0.2) is 0 Å². The predicted molar refractivity (Wildman–Crippen MR) is 155 cm³/mol. The normalized spacial score (nSPS) is 14.5. The van der Waals surface area contributed by atoms with Gasteiger partial charge in [-0.05, 0) is 79.6 Å². The van der Waals surface area contributed by atoms with Crippen LogP contribution in [0, 0.1) is 24.0 Å². The van der Waals surface area contributed by atoms with Crippen LogP contribution in [0.3, 0.4) is 0 Å². The first kappa shape index (κ1) is 25.9. The minimum absolute atomic E-state index is 0.0785. The molecule has 1 fully saturated rings. The lowest BCUT2D eigenvalue weighted by Gasteiger charge is -2.13. The first-order chi connectivity index (χ1) is 18.3. The number of aromatic nitrogens is 2. The average molecular weight is 559 g/mol. The van der Waals surface area contributed by atoms with Crippen LogP contribution in [-0.2, 0) is 11.3 Å². The molecule has 0 saturated carbocycles. The van der Waals surface area contributed by atoms with E-state index in [-0.39, 0.29) is 11.6 Å². The fraction of sp³-hybridized carbons (Fsp3) is 0.107. The topological polar surface area (TPSA) is 81.3 Å². The highest BCUT2D eigenvalue weighted by atomic mass is 32.2. The molecule has 190 valence electrons. The number of benzene rings is 2. The minimum Gasteiger partial charge on any atom is -0.318 e. The lowest BCUT2D eigenvalue weighted by molar-refractivity contribution is -0.384. The van der Waals surface area contributed by atoms with Crippen molar-refractivity contribution in [3.8, 4) is 5.69 Å². The Morgan fingerprint density at radius 2 is 1.76 bits per heavy atom. The van der Waals surface area contributed by atoms with Crippen molar-refractivity contribution in [3.63, 3.8) is 0 Å². The molecule has 2 aromatic heterocycles. The number of pyridine rings is 1. The molecule has 10 heteroatoms. The van der Waals surface area contributed by atoms with E-state index < -0.39 is 4.92 Å². The van der Waals surface area contributed by atoms with Crippen molar-refractivity contribution in [1.29, 1.82) is 0 Å². The van der Waals surface area contributed by atoms with Crippen LogP contribution in [0.2, 0.25) is 0 Å². The highest BCUT2D eigenvalue weighted by Crippen LogP contribution is 2.35. The molecule has 0 bridgehead atoms. The molecule has 2 aromatic carbocycles. The Labute approximate surface area is 233 Å². The number of aryl methyl sites for hydroxylation is 1. The molecule has 5 rings (SSSR count). The number of thioether (sulfide) groups is 1. The number of nitrogens with zero attached hydrogens (tertiary/aromatic N) is 4. The van der Waals surface area contributed by atoms with Crippen LogP contribution >= 0.6 is 35.7 Å². The van der Waals surface area contributed by atoms with Gasteiger partial charge in [0.1, 0.15) is 4.32 Å². The molecule has 4 aromatic rings. The first-order valence-corrected chi connectivity index (χ1v) is 13.7. The van der Waals surface area contributed by atoms with E-state index in [1.807, 2.05) is 56.3 Å². The monoisotopic (exact) mass is 558 g/mol. The zero-order valence-electron chi connectivity index (χ0n) is 20.5. The number of hydrogen-bond donors (Lipinski definition) is 0. The summed E-state index contributed by atoms with van der Waals surface area (Å²) in [6.45, 7) is 4.48. The summed E-state index contributed by atoms with van der Waals surface area (Å²) in [4.78, 5) is 31.9. The fourth-order valence-electron chi connectivity index (χ4n) is 4.22. The summed E-state index contributed by atoms with van der Waals surface area (Å²) < 4.78 is 2.70. The van der Waals surface area contributed by atoms with E-state index in [9.17, 15) is 14.9 Å². The van der Waals surface area contributed by atoms with Crippen LogP contribution in [-0.4, -0.2) is 29.6 Å². The molecular weight excluding hydrogens is 537 g/mol. The molecule has 0 atom stereocenters. The summed E-state index contributed by atoms with van der Waals surface area (Å²) >= 11 is 8.36. The van der Waals surface area contributed by atoms with Crippen molar-refractivity contribution in [2.45, 2.75) is 30.2 Å². The molecule has 0 radical (unpaired) electrons. The van der Waals surface area contributed by atoms with Gasteiger partial charge in [0, 0.05) is 51.4 Å². The van der Waals surface area contributed by atoms with Crippen LogP contribution in [0.1, 0.15) is 22.5 Å². The standard InChI is InChI=1S/C28H22N4O3S3/c1-18-14-21(15-26-27(33)30(28(36)38-26)17-20-4-3-13-29-16-20)19(2)31(18)22-5-9-24(10-6-22)37-25-11-7-23(8-12-25)32(34)35/h3-16H,17H2,1-2H3/b26-15-. The predicted octanol–water partition coefficient (Wildman–Crippen LogP) is 6.95. The molecule has 1 amide bonds. The Bertz CT molecular complexity index is 1560. The van der Waals surface area contributed by atoms with Gasteiger partial charge in [0.2, 0.25) is 0 Å². The largest absolute Gasteiger partial charge is 0.318 e. The second-order valence-electron chi connectivity index (χ2n) is 8.64. The van der Waals surface area contributed by atoms with E-state index in [1.54, 1.807) is 41.2 Å². The lowest BCUT2D eigenvalue weighted by atomic mass is 10.2. The quantitative estimate of drug-likeness (QED) is 0.105. The lowest BCUT2D eigenvalue weighted by Crippen LogP contribution is -2.27.